The summed E-state index contributed by atoms with van der Waals surface area (Å²) in [5, 5.41) is 0. The van der Waals surface area contributed by atoms with Gasteiger partial charge in [0.05, 0.1) is 0 Å². The molecule has 0 fully saturated rings. The molecule has 0 spiro atoms. The number of hydrogen-bond donors (Lipinski definition) is 1. The Morgan fingerprint density at radius 2 is 1.93 bits per heavy atom. The molecule has 0 bridgehead atoms. The fourth-order valence-corrected chi connectivity index (χ4v) is 1.79. The Bertz CT molecular complexity index is 277. The molecule has 2 rings (SSSR count). The third kappa shape index (κ3) is 2.53. The monoisotopic (exact) mass is 234 g/mol. The van der Waals surface area contributed by atoms with Crippen molar-refractivity contribution in [1.29, 1.82) is 0 Å². The highest BCUT2D eigenvalue weighted by Gasteiger charge is 2.16. The third-order valence-electron chi connectivity index (χ3n) is 2.38. The van der Waals surface area contributed by atoms with Crippen LogP contribution >= 0.6 is 24.8 Å². The van der Waals surface area contributed by atoms with Gasteiger partial charge >= 0.3 is 0 Å². The van der Waals surface area contributed by atoms with Gasteiger partial charge in [-0.3, -0.25) is 0 Å². The Hall–Kier alpha value is -0.440. The van der Waals surface area contributed by atoms with Gasteiger partial charge in [0.15, 0.2) is 0 Å². The number of nitrogens with zero attached hydrogens (tertiary/aromatic N) is 1. The molecule has 0 atom stereocenters. The number of rotatable bonds is 2. The summed E-state index contributed by atoms with van der Waals surface area (Å²) in [6, 6.07) is 8.57. The van der Waals surface area contributed by atoms with Gasteiger partial charge in [-0.15, -0.1) is 24.8 Å². The molecule has 0 amide bonds. The highest BCUT2D eigenvalue weighted by atomic mass is 35.5. The molecule has 0 unspecified atom stereocenters. The van der Waals surface area contributed by atoms with Gasteiger partial charge in [0.25, 0.3) is 0 Å². The number of benzene rings is 1. The highest BCUT2D eigenvalue weighted by molar-refractivity contribution is 5.85. The van der Waals surface area contributed by atoms with E-state index in [0.29, 0.717) is 0 Å². The zero-order valence-corrected chi connectivity index (χ0v) is 9.61. The lowest BCUT2D eigenvalue weighted by atomic mass is 10.2. The molecule has 1 aromatic carbocycles. The lowest BCUT2D eigenvalue weighted by molar-refractivity contribution is 0.821. The van der Waals surface area contributed by atoms with Gasteiger partial charge in [0.1, 0.15) is 0 Å². The van der Waals surface area contributed by atoms with Crippen LogP contribution in [0.3, 0.4) is 0 Å². The van der Waals surface area contributed by atoms with E-state index in [0.717, 1.165) is 19.6 Å². The molecule has 2 nitrogen and oxygen atoms in total. The molecular weight excluding hydrogens is 219 g/mol. The Balaban J connectivity index is 0.000000845. The first-order valence-electron chi connectivity index (χ1n) is 4.45. The fraction of sp³-hybridized carbons (Fsp3) is 0.400. The molecular formula is C10H16Cl2N2. The molecule has 0 aromatic heterocycles. The summed E-state index contributed by atoms with van der Waals surface area (Å²) in [6.07, 6.45) is 1.18. The van der Waals surface area contributed by atoms with Crippen LogP contribution in [-0.2, 0) is 6.42 Å². The molecule has 1 aliphatic heterocycles. The van der Waals surface area contributed by atoms with Gasteiger partial charge in [0.2, 0.25) is 0 Å². The molecule has 80 valence electrons. The molecule has 14 heavy (non-hydrogen) atoms. The maximum atomic E-state index is 5.52. The first-order valence-corrected chi connectivity index (χ1v) is 4.45. The minimum atomic E-state index is 0. The summed E-state index contributed by atoms with van der Waals surface area (Å²) in [6.45, 7) is 2.86. The molecule has 2 N–H and O–H groups in total. The van der Waals surface area contributed by atoms with Gasteiger partial charge in [-0.2, -0.15) is 0 Å². The molecule has 0 aliphatic carbocycles. The van der Waals surface area contributed by atoms with E-state index in [1.165, 1.54) is 17.7 Å². The number of fused-ring (bicyclic) bond motifs is 1. The predicted octanol–water partition coefficient (Wildman–Crippen LogP) is 1.85. The molecule has 4 heteroatoms. The smallest absolute Gasteiger partial charge is 0.0399 e. The molecule has 1 aliphatic rings. The second-order valence-electron chi connectivity index (χ2n) is 3.15. The molecule has 0 saturated heterocycles. The summed E-state index contributed by atoms with van der Waals surface area (Å²) < 4.78 is 0. The van der Waals surface area contributed by atoms with Crippen LogP contribution in [0.5, 0.6) is 0 Å². The van der Waals surface area contributed by atoms with E-state index in [1.54, 1.807) is 0 Å². The van der Waals surface area contributed by atoms with Crippen molar-refractivity contribution in [3.8, 4) is 0 Å². The Morgan fingerprint density at radius 1 is 1.21 bits per heavy atom. The maximum Gasteiger partial charge on any atom is 0.0399 e. The predicted molar refractivity (Wildman–Crippen MR) is 65.9 cm³/mol. The summed E-state index contributed by atoms with van der Waals surface area (Å²) >= 11 is 0. The number of para-hydroxylation sites is 1. The van der Waals surface area contributed by atoms with Crippen molar-refractivity contribution in [2.75, 3.05) is 24.5 Å². The van der Waals surface area contributed by atoms with Crippen molar-refractivity contribution in [2.24, 2.45) is 5.73 Å². The van der Waals surface area contributed by atoms with Crippen LogP contribution in [-0.4, -0.2) is 19.6 Å². The highest BCUT2D eigenvalue weighted by Crippen LogP contribution is 2.26. The lowest BCUT2D eigenvalue weighted by Gasteiger charge is -2.17. The van der Waals surface area contributed by atoms with Gasteiger partial charge in [-0.1, -0.05) is 18.2 Å². The number of nitrogens with two attached hydrogens (primary N) is 1. The minimum absolute atomic E-state index is 0. The van der Waals surface area contributed by atoms with Crippen LogP contribution in [0, 0.1) is 0 Å². The van der Waals surface area contributed by atoms with Crippen molar-refractivity contribution in [3.63, 3.8) is 0 Å². The normalized spacial score (nSPS) is 12.8. The summed E-state index contributed by atoms with van der Waals surface area (Å²) in [5.74, 6) is 0. The molecule has 1 heterocycles. The first-order chi connectivity index (χ1) is 5.92. The van der Waals surface area contributed by atoms with E-state index < -0.39 is 0 Å². The SMILES string of the molecule is Cl.Cl.NCCN1CCc2ccccc21. The van der Waals surface area contributed by atoms with Gasteiger partial charge in [0, 0.05) is 25.3 Å². The maximum absolute atomic E-state index is 5.52. The van der Waals surface area contributed by atoms with Gasteiger partial charge in [-0.25, -0.2) is 0 Å². The zero-order valence-electron chi connectivity index (χ0n) is 7.98. The minimum Gasteiger partial charge on any atom is -0.370 e. The van der Waals surface area contributed by atoms with Crippen molar-refractivity contribution < 1.29 is 0 Å². The molecule has 0 radical (unpaired) electrons. The Labute approximate surface area is 97.3 Å². The summed E-state index contributed by atoms with van der Waals surface area (Å²) in [7, 11) is 0. The lowest BCUT2D eigenvalue weighted by Crippen LogP contribution is -2.27. The second kappa shape index (κ2) is 6.12. The van der Waals surface area contributed by atoms with E-state index in [4.69, 9.17) is 5.73 Å². The number of anilines is 1. The number of hydrogen-bond acceptors (Lipinski definition) is 2. The largest absolute Gasteiger partial charge is 0.370 e. The van der Waals surface area contributed by atoms with Crippen molar-refractivity contribution >= 4 is 30.5 Å². The van der Waals surface area contributed by atoms with Gasteiger partial charge in [-0.05, 0) is 18.1 Å². The summed E-state index contributed by atoms with van der Waals surface area (Å²) in [5.41, 5.74) is 8.37. The van der Waals surface area contributed by atoms with E-state index in [1.807, 2.05) is 0 Å². The van der Waals surface area contributed by atoms with E-state index >= 15 is 0 Å². The van der Waals surface area contributed by atoms with Crippen LogP contribution in [0.1, 0.15) is 5.56 Å². The van der Waals surface area contributed by atoms with Crippen molar-refractivity contribution in [3.05, 3.63) is 29.8 Å². The quantitative estimate of drug-likeness (QED) is 0.847. The second-order valence-corrected chi connectivity index (χ2v) is 3.15. The van der Waals surface area contributed by atoms with E-state index in [-0.39, 0.29) is 24.8 Å². The van der Waals surface area contributed by atoms with Gasteiger partial charge < -0.3 is 10.6 Å². The Morgan fingerprint density at radius 3 is 2.64 bits per heavy atom. The van der Waals surface area contributed by atoms with Crippen LogP contribution in [0.15, 0.2) is 24.3 Å². The number of halogens is 2. The average molecular weight is 235 g/mol. The topological polar surface area (TPSA) is 29.3 Å². The molecule has 0 saturated carbocycles. The zero-order chi connectivity index (χ0) is 8.39. The summed E-state index contributed by atoms with van der Waals surface area (Å²) in [4.78, 5) is 2.36. The standard InChI is InChI=1S/C10H14N2.2ClH/c11-6-8-12-7-5-9-3-1-2-4-10(9)12;;/h1-4H,5-8,11H2;2*1H. The van der Waals surface area contributed by atoms with Crippen LogP contribution in [0.4, 0.5) is 5.69 Å². The molecule has 1 aromatic rings. The average Bonchev–Trinajstić information content (AvgIpc) is 2.50. The van der Waals surface area contributed by atoms with Crippen LogP contribution < -0.4 is 10.6 Å². The van der Waals surface area contributed by atoms with Crippen molar-refractivity contribution in [1.82, 2.24) is 0 Å². The Kier molecular flexibility index (Phi) is 5.93. The fourth-order valence-electron chi connectivity index (χ4n) is 1.79. The van der Waals surface area contributed by atoms with Crippen LogP contribution in [0.2, 0.25) is 0 Å². The first kappa shape index (κ1) is 13.6. The van der Waals surface area contributed by atoms with Crippen molar-refractivity contribution in [2.45, 2.75) is 6.42 Å². The van der Waals surface area contributed by atoms with E-state index in [9.17, 15) is 0 Å². The van der Waals surface area contributed by atoms with Crippen LogP contribution in [0.25, 0.3) is 0 Å². The third-order valence-corrected chi connectivity index (χ3v) is 2.38. The van der Waals surface area contributed by atoms with E-state index in [2.05, 4.69) is 29.2 Å².